The minimum Gasteiger partial charge on any atom is -0.327 e. The van der Waals surface area contributed by atoms with Crippen LogP contribution in [0.5, 0.6) is 0 Å². The lowest BCUT2D eigenvalue weighted by molar-refractivity contribution is 0.112. The second-order valence-electron chi connectivity index (χ2n) is 4.83. The molecule has 2 aromatic carbocycles. The molecule has 0 fully saturated rings. The van der Waals surface area contributed by atoms with E-state index in [0.717, 1.165) is 23.1 Å². The third kappa shape index (κ3) is 2.76. The van der Waals surface area contributed by atoms with Gasteiger partial charge < -0.3 is 4.57 Å². The van der Waals surface area contributed by atoms with Crippen molar-refractivity contribution in [2.45, 2.75) is 6.54 Å². The lowest BCUT2D eigenvalue weighted by Gasteiger charge is -2.11. The van der Waals surface area contributed by atoms with E-state index in [4.69, 9.17) is 11.6 Å². The lowest BCUT2D eigenvalue weighted by atomic mass is 10.1. The molecule has 0 aliphatic heterocycles. The molecule has 1 heterocycles. The Morgan fingerprint density at radius 1 is 0.952 bits per heavy atom. The second kappa shape index (κ2) is 5.98. The molecule has 0 atom stereocenters. The monoisotopic (exact) mass is 295 g/mol. The molecule has 0 aliphatic rings. The number of carbonyl (C=O) groups is 1. The number of benzene rings is 2. The van der Waals surface area contributed by atoms with Crippen LogP contribution >= 0.6 is 11.6 Å². The first-order valence-corrected chi connectivity index (χ1v) is 7.11. The average molecular weight is 296 g/mol. The van der Waals surface area contributed by atoms with Crippen molar-refractivity contribution in [3.8, 4) is 11.3 Å². The summed E-state index contributed by atoms with van der Waals surface area (Å²) in [6.45, 7) is 0.637. The number of aromatic nitrogens is 1. The van der Waals surface area contributed by atoms with Crippen molar-refractivity contribution >= 4 is 17.9 Å². The summed E-state index contributed by atoms with van der Waals surface area (Å²) in [4.78, 5) is 11.2. The van der Waals surface area contributed by atoms with E-state index in [1.54, 1.807) is 0 Å². The summed E-state index contributed by atoms with van der Waals surface area (Å²) in [5, 5.41) is 0.479. The van der Waals surface area contributed by atoms with Gasteiger partial charge in [-0.05, 0) is 17.2 Å². The standard InChI is InChI=1S/C18H14ClNO/c19-18-16(13-21)11-17(15-9-5-2-6-10-15)20(18)12-14-7-3-1-4-8-14/h1-11,13H,12H2. The highest BCUT2D eigenvalue weighted by molar-refractivity contribution is 6.32. The first-order valence-electron chi connectivity index (χ1n) is 6.73. The largest absolute Gasteiger partial charge is 0.327 e. The highest BCUT2D eigenvalue weighted by Gasteiger charge is 2.14. The van der Waals surface area contributed by atoms with Gasteiger partial charge in [-0.3, -0.25) is 4.79 Å². The number of hydrogen-bond donors (Lipinski definition) is 0. The molecule has 0 saturated carbocycles. The van der Waals surface area contributed by atoms with Crippen LogP contribution in [-0.2, 0) is 6.54 Å². The van der Waals surface area contributed by atoms with Gasteiger partial charge in [-0.2, -0.15) is 0 Å². The van der Waals surface area contributed by atoms with Gasteiger partial charge in [0.2, 0.25) is 0 Å². The van der Waals surface area contributed by atoms with Gasteiger partial charge in [0.15, 0.2) is 6.29 Å². The topological polar surface area (TPSA) is 22.0 Å². The van der Waals surface area contributed by atoms with Gasteiger partial charge in [-0.25, -0.2) is 0 Å². The van der Waals surface area contributed by atoms with Crippen molar-refractivity contribution in [2.75, 3.05) is 0 Å². The van der Waals surface area contributed by atoms with Gasteiger partial charge in [0, 0.05) is 6.54 Å². The third-order valence-electron chi connectivity index (χ3n) is 3.44. The Morgan fingerprint density at radius 3 is 2.19 bits per heavy atom. The van der Waals surface area contributed by atoms with Crippen LogP contribution in [0.15, 0.2) is 66.7 Å². The van der Waals surface area contributed by atoms with E-state index >= 15 is 0 Å². The molecule has 3 heteroatoms. The molecule has 1 aromatic heterocycles. The Bertz CT molecular complexity index is 748. The molecule has 3 aromatic rings. The van der Waals surface area contributed by atoms with E-state index in [9.17, 15) is 4.79 Å². The van der Waals surface area contributed by atoms with Crippen molar-refractivity contribution in [1.29, 1.82) is 0 Å². The second-order valence-corrected chi connectivity index (χ2v) is 5.19. The maximum absolute atomic E-state index is 11.2. The zero-order valence-electron chi connectivity index (χ0n) is 11.4. The van der Waals surface area contributed by atoms with E-state index in [1.807, 2.05) is 71.3 Å². The van der Waals surface area contributed by atoms with Gasteiger partial charge in [-0.15, -0.1) is 0 Å². The summed E-state index contributed by atoms with van der Waals surface area (Å²) in [6.07, 6.45) is 0.802. The van der Waals surface area contributed by atoms with Crippen LogP contribution in [0.4, 0.5) is 0 Å². The van der Waals surface area contributed by atoms with Crippen LogP contribution in [0.1, 0.15) is 15.9 Å². The SMILES string of the molecule is O=Cc1cc(-c2ccccc2)n(Cc2ccccc2)c1Cl. The van der Waals surface area contributed by atoms with Gasteiger partial charge in [-0.1, -0.05) is 72.3 Å². The quantitative estimate of drug-likeness (QED) is 0.641. The molecule has 0 bridgehead atoms. The number of hydrogen-bond acceptors (Lipinski definition) is 1. The van der Waals surface area contributed by atoms with Crippen LogP contribution in [0.25, 0.3) is 11.3 Å². The zero-order valence-corrected chi connectivity index (χ0v) is 12.1. The first kappa shape index (κ1) is 13.7. The molecule has 0 unspecified atom stereocenters. The van der Waals surface area contributed by atoms with Crippen LogP contribution in [-0.4, -0.2) is 10.9 Å². The van der Waals surface area contributed by atoms with Crippen molar-refractivity contribution in [1.82, 2.24) is 4.57 Å². The fourth-order valence-corrected chi connectivity index (χ4v) is 2.65. The molecule has 0 spiro atoms. The van der Waals surface area contributed by atoms with Gasteiger partial charge in [0.05, 0.1) is 11.3 Å². The summed E-state index contributed by atoms with van der Waals surface area (Å²) in [5.41, 5.74) is 3.66. The lowest BCUT2D eigenvalue weighted by Crippen LogP contribution is -2.02. The van der Waals surface area contributed by atoms with Gasteiger partial charge in [0.25, 0.3) is 0 Å². The van der Waals surface area contributed by atoms with Crippen LogP contribution in [0, 0.1) is 0 Å². The predicted molar refractivity (Wildman–Crippen MR) is 85.8 cm³/mol. The molecule has 104 valence electrons. The molecule has 0 radical (unpaired) electrons. The summed E-state index contributed by atoms with van der Waals surface area (Å²) in [5.74, 6) is 0. The minimum atomic E-state index is 0.479. The number of nitrogens with zero attached hydrogens (tertiary/aromatic N) is 1. The molecule has 0 amide bonds. The molecule has 0 N–H and O–H groups in total. The normalized spacial score (nSPS) is 10.5. The zero-order chi connectivity index (χ0) is 14.7. The van der Waals surface area contributed by atoms with Crippen molar-refractivity contribution < 1.29 is 4.79 Å². The third-order valence-corrected chi connectivity index (χ3v) is 3.86. The van der Waals surface area contributed by atoms with E-state index in [2.05, 4.69) is 0 Å². The average Bonchev–Trinajstić information content (AvgIpc) is 2.86. The van der Waals surface area contributed by atoms with E-state index in [-0.39, 0.29) is 0 Å². The smallest absolute Gasteiger partial charge is 0.153 e. The van der Waals surface area contributed by atoms with Crippen molar-refractivity contribution in [3.05, 3.63) is 83.0 Å². The maximum Gasteiger partial charge on any atom is 0.153 e. The maximum atomic E-state index is 11.2. The molecule has 21 heavy (non-hydrogen) atoms. The van der Waals surface area contributed by atoms with Crippen LogP contribution in [0.3, 0.4) is 0 Å². The number of carbonyl (C=O) groups excluding carboxylic acids is 1. The van der Waals surface area contributed by atoms with Crippen molar-refractivity contribution in [3.63, 3.8) is 0 Å². The highest BCUT2D eigenvalue weighted by atomic mass is 35.5. The Kier molecular flexibility index (Phi) is 3.89. The Balaban J connectivity index is 2.10. The van der Waals surface area contributed by atoms with E-state index in [0.29, 0.717) is 17.3 Å². The van der Waals surface area contributed by atoms with E-state index in [1.165, 1.54) is 0 Å². The number of halogens is 1. The Labute approximate surface area is 128 Å². The molecule has 0 aliphatic carbocycles. The molecular formula is C18H14ClNO. The van der Waals surface area contributed by atoms with Crippen LogP contribution < -0.4 is 0 Å². The number of aldehydes is 1. The molecule has 0 saturated heterocycles. The Morgan fingerprint density at radius 2 is 1.57 bits per heavy atom. The number of rotatable bonds is 4. The first-order chi connectivity index (χ1) is 10.3. The molecule has 3 rings (SSSR count). The summed E-state index contributed by atoms with van der Waals surface area (Å²) in [7, 11) is 0. The summed E-state index contributed by atoms with van der Waals surface area (Å²) in [6, 6.07) is 21.9. The molecule has 2 nitrogen and oxygen atoms in total. The predicted octanol–water partition coefficient (Wildman–Crippen LogP) is 4.67. The van der Waals surface area contributed by atoms with Crippen LogP contribution in [0.2, 0.25) is 5.15 Å². The van der Waals surface area contributed by atoms with Gasteiger partial charge >= 0.3 is 0 Å². The fraction of sp³-hybridized carbons (Fsp3) is 0.0556. The van der Waals surface area contributed by atoms with Crippen molar-refractivity contribution in [2.24, 2.45) is 0 Å². The molecular weight excluding hydrogens is 282 g/mol. The summed E-state index contributed by atoms with van der Waals surface area (Å²) < 4.78 is 1.97. The minimum absolute atomic E-state index is 0.479. The highest BCUT2D eigenvalue weighted by Crippen LogP contribution is 2.29. The van der Waals surface area contributed by atoms with E-state index < -0.39 is 0 Å². The Hall–Kier alpha value is -2.32. The van der Waals surface area contributed by atoms with Gasteiger partial charge in [0.1, 0.15) is 5.15 Å². The fourth-order valence-electron chi connectivity index (χ4n) is 2.40. The summed E-state index contributed by atoms with van der Waals surface area (Å²) >= 11 is 6.36.